The van der Waals surface area contributed by atoms with Crippen molar-refractivity contribution >= 4 is 18.0 Å². The number of hydrogen-bond acceptors (Lipinski definition) is 12. The maximum atomic E-state index is 13.3. The van der Waals surface area contributed by atoms with Gasteiger partial charge in [-0.3, -0.25) is 0 Å². The smallest absolute Gasteiger partial charge is 0.360 e. The van der Waals surface area contributed by atoms with E-state index in [2.05, 4.69) is 9.97 Å². The van der Waals surface area contributed by atoms with Gasteiger partial charge in [-0.2, -0.15) is 0 Å². The number of carbonyl (C=O) groups is 2. The van der Waals surface area contributed by atoms with Crippen LogP contribution < -0.4 is 0 Å². The van der Waals surface area contributed by atoms with Gasteiger partial charge in [-0.1, -0.05) is 119 Å². The van der Waals surface area contributed by atoms with E-state index in [4.69, 9.17) is 27.8 Å². The minimum Gasteiger partial charge on any atom is -0.457 e. The van der Waals surface area contributed by atoms with E-state index in [1.54, 1.807) is 49.6 Å². The van der Waals surface area contributed by atoms with Crippen molar-refractivity contribution in [3.8, 4) is 0 Å². The molecule has 2 aromatic rings. The van der Waals surface area contributed by atoms with E-state index in [9.17, 15) is 19.8 Å². The number of allylic oxidation sites excluding steroid dienone is 8. The van der Waals surface area contributed by atoms with Gasteiger partial charge in [0.1, 0.15) is 36.9 Å². The van der Waals surface area contributed by atoms with Crippen LogP contribution in [0.2, 0.25) is 0 Å². The Hall–Kier alpha value is -4.88. The van der Waals surface area contributed by atoms with Gasteiger partial charge >= 0.3 is 11.9 Å². The number of esters is 2. The molecular formula is C43H54N2O10. The van der Waals surface area contributed by atoms with E-state index in [0.29, 0.717) is 18.7 Å². The second kappa shape index (κ2) is 20.2. The Bertz CT molecular complexity index is 1800. The van der Waals surface area contributed by atoms with Crippen LogP contribution >= 0.6 is 0 Å². The lowest BCUT2D eigenvalue weighted by molar-refractivity contribution is -0.0461. The van der Waals surface area contributed by atoms with Crippen LogP contribution in [0.15, 0.2) is 113 Å². The number of nitrogens with zero attached hydrogens (tertiary/aromatic N) is 2. The van der Waals surface area contributed by atoms with Gasteiger partial charge in [-0.05, 0) is 13.8 Å². The molecule has 7 atom stereocenters. The second-order valence-corrected chi connectivity index (χ2v) is 14.5. The van der Waals surface area contributed by atoms with Crippen LogP contribution in [0.4, 0.5) is 0 Å². The Kier molecular flexibility index (Phi) is 15.7. The molecule has 55 heavy (non-hydrogen) atoms. The first kappa shape index (κ1) is 42.9. The summed E-state index contributed by atoms with van der Waals surface area (Å²) in [5.74, 6) is -0.828. The summed E-state index contributed by atoms with van der Waals surface area (Å²) in [6.45, 7) is 11.0. The number of ether oxygens (including phenoxy) is 4. The highest BCUT2D eigenvalue weighted by molar-refractivity contribution is 5.87. The Morgan fingerprint density at radius 2 is 1.31 bits per heavy atom. The number of aromatic nitrogens is 2. The fourth-order valence-corrected chi connectivity index (χ4v) is 5.68. The number of oxazole rings is 2. The molecule has 2 aliphatic rings. The van der Waals surface area contributed by atoms with Crippen molar-refractivity contribution in [2.45, 2.75) is 104 Å². The van der Waals surface area contributed by atoms with Gasteiger partial charge < -0.3 is 38.0 Å². The normalized spacial score (nSPS) is 28.3. The standard InChI is InChI=1S/C43H54N2O10/c1-8-18-34(46)42(3,4)36-23-14-12-10-11-13-20-29(50-7)26-39-45-31(28-52-39)41(49)55-37(43(5,6)35(47)19-9-2)24-17-22-33-32(53-33)21-15-16-25-38-44-30(27-51-38)40(48)54-36/h8-22,25,27-29,32-37,46-47H,23-24,26H2,1-7H3/b11-10-,14-12-,18-8+,19-9+,20-13-,21-15-,22-17-,25-16-/t29-,32+,33+,34+,35+,36+,37+/m0/s1. The number of rotatable bonds is 7. The first-order valence-electron chi connectivity index (χ1n) is 18.4. The Labute approximate surface area is 323 Å². The van der Waals surface area contributed by atoms with Crippen molar-refractivity contribution < 1.29 is 47.6 Å². The Balaban J connectivity index is 1.58. The summed E-state index contributed by atoms with van der Waals surface area (Å²) >= 11 is 0. The molecule has 4 rings (SSSR count). The number of fused-ring (bicyclic) bond motifs is 5. The van der Waals surface area contributed by atoms with Gasteiger partial charge in [0, 0.05) is 36.9 Å². The van der Waals surface area contributed by atoms with Crippen LogP contribution in [0.5, 0.6) is 0 Å². The van der Waals surface area contributed by atoms with E-state index < -0.39 is 53.3 Å². The van der Waals surface area contributed by atoms with Gasteiger partial charge in [0.05, 0.1) is 24.7 Å². The molecule has 1 fully saturated rings. The maximum Gasteiger partial charge on any atom is 0.360 e. The van der Waals surface area contributed by atoms with Crippen LogP contribution in [0, 0.1) is 10.8 Å². The van der Waals surface area contributed by atoms with E-state index >= 15 is 0 Å². The molecule has 2 aliphatic heterocycles. The topological polar surface area (TPSA) is 167 Å². The number of aliphatic hydroxyl groups excluding tert-OH is 2. The lowest BCUT2D eigenvalue weighted by atomic mass is 9.79. The molecular weight excluding hydrogens is 704 g/mol. The van der Waals surface area contributed by atoms with Crippen LogP contribution in [-0.4, -0.2) is 82.0 Å². The second-order valence-electron chi connectivity index (χ2n) is 14.5. The third-order valence-electron chi connectivity index (χ3n) is 9.64. The first-order chi connectivity index (χ1) is 26.3. The number of aliphatic hydroxyl groups is 2. The third kappa shape index (κ3) is 12.3. The largest absolute Gasteiger partial charge is 0.457 e. The zero-order valence-corrected chi connectivity index (χ0v) is 32.6. The number of cyclic esters (lactones) is 2. The predicted molar refractivity (Wildman–Crippen MR) is 208 cm³/mol. The molecule has 0 radical (unpaired) electrons. The van der Waals surface area contributed by atoms with Gasteiger partial charge in [0.15, 0.2) is 17.3 Å². The average Bonchev–Trinajstić information content (AvgIpc) is 3.47. The summed E-state index contributed by atoms with van der Waals surface area (Å²) in [5, 5.41) is 21.8. The molecule has 0 spiro atoms. The van der Waals surface area contributed by atoms with E-state index in [1.807, 2.05) is 96.2 Å². The molecule has 12 nitrogen and oxygen atoms in total. The fraction of sp³-hybridized carbons (Fsp3) is 0.442. The van der Waals surface area contributed by atoms with E-state index in [1.165, 1.54) is 12.5 Å². The van der Waals surface area contributed by atoms with Gasteiger partial charge in [0.2, 0.25) is 5.89 Å². The summed E-state index contributed by atoms with van der Waals surface area (Å²) in [5.41, 5.74) is -1.66. The minimum absolute atomic E-state index is 0.00780. The van der Waals surface area contributed by atoms with E-state index in [0.717, 1.165) is 0 Å². The minimum atomic E-state index is -0.880. The molecule has 0 amide bonds. The SMILES string of the molecule is C/C=C/[C@@H](O)C(C)(C)[C@H]1C\C=C/C=C\C=C/[C@H](OC)Cc2nc(co2)C(=O)O[C@@H](C(C)(C)[C@H](O)/C=C/C)C/C=C\[C@H]2O[C@@H]2/C=C\C=C/c2nc(co2)C(=O)O1. The molecule has 296 valence electrons. The van der Waals surface area contributed by atoms with Crippen molar-refractivity contribution in [1.82, 2.24) is 9.97 Å². The number of epoxide rings is 1. The quantitative estimate of drug-likeness (QED) is 0.165. The molecule has 0 aliphatic carbocycles. The van der Waals surface area contributed by atoms with Crippen LogP contribution in [0.3, 0.4) is 0 Å². The molecule has 1 saturated heterocycles. The van der Waals surface area contributed by atoms with Crippen molar-refractivity contribution in [1.29, 1.82) is 0 Å². The summed E-state index contributed by atoms with van der Waals surface area (Å²) in [6, 6.07) is 0. The highest BCUT2D eigenvalue weighted by Gasteiger charge is 2.40. The summed E-state index contributed by atoms with van der Waals surface area (Å²) < 4.78 is 34.3. The number of methoxy groups -OCH3 is 1. The van der Waals surface area contributed by atoms with Crippen molar-refractivity contribution in [2.24, 2.45) is 10.8 Å². The molecule has 0 saturated carbocycles. The van der Waals surface area contributed by atoms with Gasteiger partial charge in [-0.15, -0.1) is 0 Å². The predicted octanol–water partition coefficient (Wildman–Crippen LogP) is 7.25. The van der Waals surface area contributed by atoms with Crippen LogP contribution in [0.1, 0.15) is 87.1 Å². The lowest BCUT2D eigenvalue weighted by Gasteiger charge is -2.36. The molecule has 2 N–H and O–H groups in total. The van der Waals surface area contributed by atoms with Crippen LogP contribution in [-0.2, 0) is 25.4 Å². The molecule has 0 unspecified atom stereocenters. The molecule has 4 heterocycles. The fourth-order valence-electron chi connectivity index (χ4n) is 5.68. The summed E-state index contributed by atoms with van der Waals surface area (Å²) in [6.07, 6.45) is 28.0. The van der Waals surface area contributed by atoms with Crippen molar-refractivity contribution in [3.63, 3.8) is 0 Å². The van der Waals surface area contributed by atoms with E-state index in [-0.39, 0.29) is 35.9 Å². The van der Waals surface area contributed by atoms with Gasteiger partial charge in [-0.25, -0.2) is 19.6 Å². The zero-order valence-electron chi connectivity index (χ0n) is 32.6. The highest BCUT2D eigenvalue weighted by Crippen LogP contribution is 2.34. The molecule has 2 aromatic heterocycles. The van der Waals surface area contributed by atoms with Gasteiger partial charge in [0.25, 0.3) is 0 Å². The average molecular weight is 759 g/mol. The molecule has 0 aromatic carbocycles. The maximum absolute atomic E-state index is 13.3. The Morgan fingerprint density at radius 1 is 0.745 bits per heavy atom. The zero-order chi connectivity index (χ0) is 40.0. The van der Waals surface area contributed by atoms with Crippen molar-refractivity contribution in [2.75, 3.05) is 7.11 Å². The molecule has 12 heteroatoms. The highest BCUT2D eigenvalue weighted by atomic mass is 16.6. The third-order valence-corrected chi connectivity index (χ3v) is 9.64. The Morgan fingerprint density at radius 3 is 1.95 bits per heavy atom. The monoisotopic (exact) mass is 758 g/mol. The first-order valence-corrected chi connectivity index (χ1v) is 18.4. The number of hydrogen-bond donors (Lipinski definition) is 2. The van der Waals surface area contributed by atoms with Crippen LogP contribution in [0.25, 0.3) is 6.08 Å². The molecule has 4 bridgehead atoms. The van der Waals surface area contributed by atoms with Crippen molar-refractivity contribution in [3.05, 3.63) is 127 Å². The summed E-state index contributed by atoms with van der Waals surface area (Å²) in [7, 11) is 1.56. The lowest BCUT2D eigenvalue weighted by Crippen LogP contribution is -2.42. The summed E-state index contributed by atoms with van der Waals surface area (Å²) in [4.78, 5) is 35.2. The number of carbonyl (C=O) groups excluding carboxylic acids is 2.